The van der Waals surface area contributed by atoms with Crippen molar-refractivity contribution in [1.29, 1.82) is 0 Å². The summed E-state index contributed by atoms with van der Waals surface area (Å²) in [6, 6.07) is 14.5. The Balaban J connectivity index is 0.00000506. The number of piperidine rings is 1. The van der Waals surface area contributed by atoms with E-state index in [1.54, 1.807) is 12.1 Å². The van der Waals surface area contributed by atoms with Gasteiger partial charge < -0.3 is 14.9 Å². The lowest BCUT2D eigenvalue weighted by Crippen LogP contribution is -2.55. The molecule has 8 nitrogen and oxygen atoms in total. The van der Waals surface area contributed by atoms with E-state index < -0.39 is 46.8 Å². The molecule has 2 amide bonds. The normalized spacial score (nSPS) is 19.0. The van der Waals surface area contributed by atoms with Crippen molar-refractivity contribution < 1.29 is 31.9 Å². The van der Waals surface area contributed by atoms with Gasteiger partial charge in [0.05, 0.1) is 17.4 Å². The monoisotopic (exact) mass is 641 g/mol. The lowest BCUT2D eigenvalue weighted by atomic mass is 9.84. The molecule has 4 rings (SSSR count). The number of hydrogen-bond donors (Lipinski definition) is 1. The number of rotatable bonds is 11. The Kier molecular flexibility index (Phi) is 11.6. The molecule has 1 aliphatic heterocycles. The van der Waals surface area contributed by atoms with Gasteiger partial charge in [0.15, 0.2) is 9.84 Å². The number of carboxylic acid groups (broad SMARTS) is 1. The molecule has 2 aromatic rings. The molecule has 1 aliphatic carbocycles. The molecule has 1 heterocycles. The van der Waals surface area contributed by atoms with Crippen LogP contribution in [0.25, 0.3) is 0 Å². The van der Waals surface area contributed by atoms with Gasteiger partial charge in [0, 0.05) is 56.9 Å². The minimum Gasteiger partial charge on any atom is -0.465 e. The van der Waals surface area contributed by atoms with E-state index in [1.165, 1.54) is 17.0 Å². The average molecular weight is 642 g/mol. The van der Waals surface area contributed by atoms with E-state index in [2.05, 4.69) is 11.8 Å². The summed E-state index contributed by atoms with van der Waals surface area (Å²) < 4.78 is 50.9. The minimum absolute atomic E-state index is 0. The van der Waals surface area contributed by atoms with Crippen LogP contribution in [0.5, 0.6) is 0 Å². The number of sulfone groups is 1. The molecule has 0 bridgehead atoms. The molecular formula is C31H42ClF2N3O5S. The molecule has 1 saturated carbocycles. The largest absolute Gasteiger partial charge is 0.465 e. The van der Waals surface area contributed by atoms with Crippen LogP contribution in [0.4, 0.5) is 13.6 Å². The molecule has 2 fully saturated rings. The van der Waals surface area contributed by atoms with Gasteiger partial charge in [-0.2, -0.15) is 0 Å². The smallest absolute Gasteiger partial charge is 0.408 e. The van der Waals surface area contributed by atoms with Crippen LogP contribution in [0.1, 0.15) is 63.1 Å². The maximum absolute atomic E-state index is 13.7. The number of carbonyl (C=O) groups excluding carboxylic acids is 1. The van der Waals surface area contributed by atoms with E-state index in [9.17, 15) is 31.9 Å². The molecule has 1 unspecified atom stereocenters. The van der Waals surface area contributed by atoms with E-state index in [1.807, 2.05) is 42.2 Å². The number of halogens is 3. The number of likely N-dealkylation sites (tertiary alicyclic amines) is 1. The van der Waals surface area contributed by atoms with Crippen LogP contribution in [0.3, 0.4) is 0 Å². The molecular weight excluding hydrogens is 600 g/mol. The van der Waals surface area contributed by atoms with Crippen LogP contribution in [0.2, 0.25) is 0 Å². The Morgan fingerprint density at radius 2 is 1.60 bits per heavy atom. The molecule has 43 heavy (non-hydrogen) atoms. The summed E-state index contributed by atoms with van der Waals surface area (Å²) in [5, 5.41) is 10.1. The first-order valence-electron chi connectivity index (χ1n) is 14.6. The molecule has 0 radical (unpaired) electrons. The summed E-state index contributed by atoms with van der Waals surface area (Å²) in [5.41, 5.74) is 1.56. The first-order chi connectivity index (χ1) is 19.8. The first-order valence-corrected chi connectivity index (χ1v) is 16.4. The summed E-state index contributed by atoms with van der Waals surface area (Å²) in [5.74, 6) is -2.83. The SMILES string of the molecule is CCN(C(=O)Cc1ccc(S(C)(=O)=O)cc1)C1CCN(C(C)C[C@@H](c2ccccc2)N(C(=O)O)C2CC(F)(F)C2)CC1.Cl. The summed E-state index contributed by atoms with van der Waals surface area (Å²) in [6.45, 7) is 6.03. The molecule has 2 aliphatic rings. The number of benzene rings is 2. The van der Waals surface area contributed by atoms with Gasteiger partial charge >= 0.3 is 6.09 Å². The number of likely N-dealkylation sites (N-methyl/N-ethyl adjacent to an activating group) is 1. The van der Waals surface area contributed by atoms with Crippen LogP contribution in [0, 0.1) is 0 Å². The van der Waals surface area contributed by atoms with Crippen molar-refractivity contribution in [1.82, 2.24) is 14.7 Å². The summed E-state index contributed by atoms with van der Waals surface area (Å²) in [4.78, 5) is 31.2. The van der Waals surface area contributed by atoms with Gasteiger partial charge in [-0.15, -0.1) is 12.4 Å². The van der Waals surface area contributed by atoms with Crippen molar-refractivity contribution in [2.24, 2.45) is 0 Å². The lowest BCUT2D eigenvalue weighted by molar-refractivity contribution is -0.133. The van der Waals surface area contributed by atoms with Gasteiger partial charge in [0.2, 0.25) is 5.91 Å². The van der Waals surface area contributed by atoms with E-state index in [4.69, 9.17) is 0 Å². The zero-order valence-electron chi connectivity index (χ0n) is 24.9. The van der Waals surface area contributed by atoms with Crippen molar-refractivity contribution in [2.75, 3.05) is 25.9 Å². The third-order valence-electron chi connectivity index (χ3n) is 8.70. The van der Waals surface area contributed by atoms with E-state index in [-0.39, 0.29) is 41.7 Å². The number of nitrogens with zero attached hydrogens (tertiary/aromatic N) is 3. The molecule has 238 valence electrons. The molecule has 1 N–H and O–H groups in total. The fraction of sp³-hybridized carbons (Fsp3) is 0.548. The van der Waals surface area contributed by atoms with Crippen molar-refractivity contribution in [3.8, 4) is 0 Å². The zero-order valence-corrected chi connectivity index (χ0v) is 26.5. The molecule has 2 atom stereocenters. The van der Waals surface area contributed by atoms with Crippen molar-refractivity contribution in [2.45, 2.75) is 87.4 Å². The molecule has 0 spiro atoms. The van der Waals surface area contributed by atoms with E-state index >= 15 is 0 Å². The third-order valence-corrected chi connectivity index (χ3v) is 9.83. The molecule has 12 heteroatoms. The number of carbonyl (C=O) groups is 2. The van der Waals surface area contributed by atoms with Gasteiger partial charge in [0.25, 0.3) is 5.92 Å². The zero-order chi connectivity index (χ0) is 30.7. The van der Waals surface area contributed by atoms with Gasteiger partial charge in [-0.05, 0) is 56.4 Å². The van der Waals surface area contributed by atoms with Crippen LogP contribution in [-0.2, 0) is 21.1 Å². The predicted molar refractivity (Wildman–Crippen MR) is 164 cm³/mol. The highest BCUT2D eigenvalue weighted by molar-refractivity contribution is 7.90. The van der Waals surface area contributed by atoms with Crippen LogP contribution in [-0.4, -0.2) is 90.2 Å². The highest BCUT2D eigenvalue weighted by Gasteiger charge is 2.51. The maximum Gasteiger partial charge on any atom is 0.408 e. The standard InChI is InChI=1S/C31H41F2N3O5S.ClH/c1-4-35(29(37)19-23-10-12-27(13-11-23)42(3,40)41)25-14-16-34(17-15-25)22(2)18-28(24-8-6-5-7-9-24)36(30(38)39)26-20-31(32,33)21-26;/h5-13,22,25-26,28H,4,14-21H2,1-3H3,(H,38,39);1H/t22?,28-;/m0./s1. The molecule has 2 aromatic carbocycles. The predicted octanol–water partition coefficient (Wildman–Crippen LogP) is 5.66. The third kappa shape index (κ3) is 8.67. The quantitative estimate of drug-likeness (QED) is 0.340. The van der Waals surface area contributed by atoms with Gasteiger partial charge in [0.1, 0.15) is 0 Å². The van der Waals surface area contributed by atoms with Gasteiger partial charge in [-0.1, -0.05) is 42.5 Å². The molecule has 0 aromatic heterocycles. The Bertz CT molecular complexity index is 1330. The fourth-order valence-corrected chi connectivity index (χ4v) is 6.97. The Labute approximate surface area is 259 Å². The fourth-order valence-electron chi connectivity index (χ4n) is 6.34. The van der Waals surface area contributed by atoms with E-state index in [0.717, 1.165) is 43.3 Å². The lowest BCUT2D eigenvalue weighted by Gasteiger charge is -2.46. The maximum atomic E-state index is 13.7. The van der Waals surface area contributed by atoms with E-state index in [0.29, 0.717) is 13.0 Å². The van der Waals surface area contributed by atoms with Crippen LogP contribution >= 0.6 is 12.4 Å². The summed E-state index contributed by atoms with van der Waals surface area (Å²) in [6.07, 6.45) is 1.27. The van der Waals surface area contributed by atoms with Crippen molar-refractivity contribution in [3.63, 3.8) is 0 Å². The first kappa shape index (κ1) is 34.7. The molecule has 1 saturated heterocycles. The van der Waals surface area contributed by atoms with Crippen molar-refractivity contribution in [3.05, 3.63) is 65.7 Å². The van der Waals surface area contributed by atoms with Gasteiger partial charge in [-0.3, -0.25) is 9.69 Å². The topological polar surface area (TPSA) is 98.2 Å². The Hall–Kier alpha value is -2.76. The van der Waals surface area contributed by atoms with Crippen molar-refractivity contribution >= 4 is 34.2 Å². The second-order valence-electron chi connectivity index (χ2n) is 11.7. The second kappa shape index (κ2) is 14.3. The highest BCUT2D eigenvalue weighted by atomic mass is 35.5. The summed E-state index contributed by atoms with van der Waals surface area (Å²) in [7, 11) is -3.30. The Morgan fingerprint density at radius 1 is 1.02 bits per heavy atom. The van der Waals surface area contributed by atoms with Crippen LogP contribution in [0.15, 0.2) is 59.5 Å². The second-order valence-corrected chi connectivity index (χ2v) is 13.7. The number of alkyl halides is 2. The van der Waals surface area contributed by atoms with Gasteiger partial charge in [-0.25, -0.2) is 22.0 Å². The number of amides is 2. The Morgan fingerprint density at radius 3 is 2.09 bits per heavy atom. The minimum atomic E-state index is -3.30. The number of hydrogen-bond acceptors (Lipinski definition) is 5. The van der Waals surface area contributed by atoms with Crippen LogP contribution < -0.4 is 0 Å². The highest BCUT2D eigenvalue weighted by Crippen LogP contribution is 2.44. The average Bonchev–Trinajstić information content (AvgIpc) is 2.92. The summed E-state index contributed by atoms with van der Waals surface area (Å²) >= 11 is 0.